The summed E-state index contributed by atoms with van der Waals surface area (Å²) in [7, 11) is 0. The molecule has 1 aromatic heterocycles. The first-order valence-electron chi connectivity index (χ1n) is 5.21. The van der Waals surface area contributed by atoms with E-state index < -0.39 is 5.97 Å². The second kappa shape index (κ2) is 5.02. The van der Waals surface area contributed by atoms with Gasteiger partial charge in [-0.3, -0.25) is 0 Å². The average molecular weight is 239 g/mol. The number of rotatable bonds is 3. The van der Waals surface area contributed by atoms with Crippen LogP contribution < -0.4 is 0 Å². The Morgan fingerprint density at radius 3 is 2.56 bits per heavy atom. The quantitative estimate of drug-likeness (QED) is 0.660. The van der Waals surface area contributed by atoms with Crippen molar-refractivity contribution < 1.29 is 14.3 Å². The van der Waals surface area contributed by atoms with Gasteiger partial charge in [0.1, 0.15) is 23.2 Å². The molecule has 0 unspecified atom stereocenters. The topological polar surface area (TPSA) is 74.2 Å². The zero-order valence-corrected chi connectivity index (χ0v) is 9.33. The Labute approximate surface area is 103 Å². The fraction of sp³-hybridized carbons (Fsp3) is 0. The average Bonchev–Trinajstić information content (AvgIpc) is 2.85. The van der Waals surface area contributed by atoms with Crippen molar-refractivity contribution in [3.05, 3.63) is 53.8 Å². The van der Waals surface area contributed by atoms with Crippen LogP contribution in [0, 0.1) is 11.3 Å². The first-order valence-corrected chi connectivity index (χ1v) is 5.21. The van der Waals surface area contributed by atoms with Crippen LogP contribution in [0.4, 0.5) is 0 Å². The normalized spacial score (nSPS) is 10.9. The summed E-state index contributed by atoms with van der Waals surface area (Å²) in [6.45, 7) is 0. The molecule has 2 aromatic rings. The van der Waals surface area contributed by atoms with Gasteiger partial charge in [-0.1, -0.05) is 30.3 Å². The summed E-state index contributed by atoms with van der Waals surface area (Å²) in [5, 5.41) is 17.4. The van der Waals surface area contributed by atoms with E-state index in [1.807, 2.05) is 30.3 Å². The molecule has 0 atom stereocenters. The number of nitrogens with zero attached hydrogens (tertiary/aromatic N) is 1. The molecule has 0 saturated carbocycles. The molecule has 0 aliphatic rings. The minimum atomic E-state index is -1.27. The predicted octanol–water partition coefficient (Wildman–Crippen LogP) is 2.94. The van der Waals surface area contributed by atoms with Crippen LogP contribution in [0.2, 0.25) is 0 Å². The third-order valence-electron chi connectivity index (χ3n) is 2.32. The molecular weight excluding hydrogens is 230 g/mol. The van der Waals surface area contributed by atoms with Gasteiger partial charge in [-0.2, -0.15) is 5.26 Å². The Kier molecular flexibility index (Phi) is 3.26. The van der Waals surface area contributed by atoms with E-state index >= 15 is 0 Å². The molecule has 0 bridgehead atoms. The fourth-order valence-electron chi connectivity index (χ4n) is 1.47. The van der Waals surface area contributed by atoms with Gasteiger partial charge in [-0.05, 0) is 12.1 Å². The van der Waals surface area contributed by atoms with E-state index in [2.05, 4.69) is 0 Å². The summed E-state index contributed by atoms with van der Waals surface area (Å²) < 4.78 is 5.46. The molecule has 1 aromatic carbocycles. The summed E-state index contributed by atoms with van der Waals surface area (Å²) in [5.74, 6) is -0.299. The molecule has 0 aliphatic heterocycles. The third-order valence-corrected chi connectivity index (χ3v) is 2.32. The summed E-state index contributed by atoms with van der Waals surface area (Å²) >= 11 is 0. The Morgan fingerprint density at radius 2 is 1.94 bits per heavy atom. The van der Waals surface area contributed by atoms with Gasteiger partial charge in [0.15, 0.2) is 0 Å². The van der Waals surface area contributed by atoms with Crippen molar-refractivity contribution in [1.29, 1.82) is 5.26 Å². The van der Waals surface area contributed by atoms with E-state index in [1.165, 1.54) is 6.08 Å². The van der Waals surface area contributed by atoms with Gasteiger partial charge in [0.2, 0.25) is 0 Å². The predicted molar refractivity (Wildman–Crippen MR) is 65.4 cm³/mol. The molecule has 18 heavy (non-hydrogen) atoms. The zero-order chi connectivity index (χ0) is 13.0. The highest BCUT2D eigenvalue weighted by Gasteiger charge is 2.08. The Hall–Kier alpha value is -2.80. The SMILES string of the molecule is N#C/C(=C\c1ccc(-c2ccccc2)o1)C(=O)O. The first kappa shape index (κ1) is 11.7. The Morgan fingerprint density at radius 1 is 1.22 bits per heavy atom. The van der Waals surface area contributed by atoms with Gasteiger partial charge in [-0.15, -0.1) is 0 Å². The van der Waals surface area contributed by atoms with E-state index in [4.69, 9.17) is 14.8 Å². The van der Waals surface area contributed by atoms with Crippen LogP contribution in [0.1, 0.15) is 5.76 Å². The molecule has 0 amide bonds. The number of furan rings is 1. The van der Waals surface area contributed by atoms with Crippen molar-refractivity contribution in [2.75, 3.05) is 0 Å². The summed E-state index contributed by atoms with van der Waals surface area (Å²) in [6.07, 6.45) is 1.20. The number of nitriles is 1. The standard InChI is InChI=1S/C14H9NO3/c15-9-11(14(16)17)8-12-6-7-13(18-12)10-4-2-1-3-5-10/h1-8H,(H,16,17)/b11-8+. The third kappa shape index (κ3) is 2.47. The van der Waals surface area contributed by atoms with E-state index in [9.17, 15) is 4.79 Å². The van der Waals surface area contributed by atoms with Crippen LogP contribution in [0.3, 0.4) is 0 Å². The molecule has 0 saturated heterocycles. The van der Waals surface area contributed by atoms with Gasteiger partial charge in [0.25, 0.3) is 0 Å². The molecule has 1 heterocycles. The number of carbonyl (C=O) groups is 1. The molecule has 4 heteroatoms. The highest BCUT2D eigenvalue weighted by Crippen LogP contribution is 2.22. The molecular formula is C14H9NO3. The van der Waals surface area contributed by atoms with E-state index in [0.29, 0.717) is 11.5 Å². The van der Waals surface area contributed by atoms with Crippen molar-refractivity contribution in [2.24, 2.45) is 0 Å². The minimum Gasteiger partial charge on any atom is -0.477 e. The zero-order valence-electron chi connectivity index (χ0n) is 9.33. The van der Waals surface area contributed by atoms with Crippen LogP contribution in [0.15, 0.2) is 52.5 Å². The molecule has 0 spiro atoms. The van der Waals surface area contributed by atoms with Crippen molar-refractivity contribution in [2.45, 2.75) is 0 Å². The summed E-state index contributed by atoms with van der Waals surface area (Å²) in [4.78, 5) is 10.7. The minimum absolute atomic E-state index is 0.341. The lowest BCUT2D eigenvalue weighted by Gasteiger charge is -1.94. The Bertz CT molecular complexity index is 633. The smallest absolute Gasteiger partial charge is 0.346 e. The van der Waals surface area contributed by atoms with Crippen molar-refractivity contribution in [3.63, 3.8) is 0 Å². The van der Waals surface area contributed by atoms with E-state index in [-0.39, 0.29) is 5.57 Å². The molecule has 0 fully saturated rings. The number of aliphatic carboxylic acids is 1. The lowest BCUT2D eigenvalue weighted by atomic mass is 10.2. The number of carboxylic acid groups (broad SMARTS) is 1. The van der Waals surface area contributed by atoms with E-state index in [0.717, 1.165) is 5.56 Å². The van der Waals surface area contributed by atoms with Gasteiger partial charge < -0.3 is 9.52 Å². The number of hydrogen-bond donors (Lipinski definition) is 1. The maximum Gasteiger partial charge on any atom is 0.346 e. The molecule has 88 valence electrons. The van der Waals surface area contributed by atoms with Crippen LogP contribution in [-0.2, 0) is 4.79 Å². The first-order chi connectivity index (χ1) is 8.70. The van der Waals surface area contributed by atoms with E-state index in [1.54, 1.807) is 18.2 Å². The van der Waals surface area contributed by atoms with Gasteiger partial charge in [-0.25, -0.2) is 4.79 Å². The Balaban J connectivity index is 2.33. The lowest BCUT2D eigenvalue weighted by molar-refractivity contribution is -0.132. The maximum absolute atomic E-state index is 10.7. The van der Waals surface area contributed by atoms with Gasteiger partial charge in [0, 0.05) is 11.6 Å². The lowest BCUT2D eigenvalue weighted by Crippen LogP contribution is -1.96. The van der Waals surface area contributed by atoms with Crippen LogP contribution in [0.25, 0.3) is 17.4 Å². The molecule has 2 rings (SSSR count). The number of benzene rings is 1. The van der Waals surface area contributed by atoms with Gasteiger partial charge in [0.05, 0.1) is 0 Å². The summed E-state index contributed by atoms with van der Waals surface area (Å²) in [6, 6.07) is 14.4. The fourth-order valence-corrected chi connectivity index (χ4v) is 1.47. The molecule has 0 radical (unpaired) electrons. The maximum atomic E-state index is 10.7. The number of carboxylic acids is 1. The highest BCUT2D eigenvalue weighted by molar-refractivity contribution is 5.96. The second-order valence-electron chi connectivity index (χ2n) is 3.54. The summed E-state index contributed by atoms with van der Waals surface area (Å²) in [5.41, 5.74) is 0.537. The number of hydrogen-bond acceptors (Lipinski definition) is 3. The second-order valence-corrected chi connectivity index (χ2v) is 3.54. The monoisotopic (exact) mass is 239 g/mol. The van der Waals surface area contributed by atoms with Crippen LogP contribution >= 0.6 is 0 Å². The van der Waals surface area contributed by atoms with Gasteiger partial charge >= 0.3 is 5.97 Å². The van der Waals surface area contributed by atoms with Crippen LogP contribution in [0.5, 0.6) is 0 Å². The van der Waals surface area contributed by atoms with Crippen molar-refractivity contribution in [3.8, 4) is 17.4 Å². The molecule has 4 nitrogen and oxygen atoms in total. The van der Waals surface area contributed by atoms with Crippen molar-refractivity contribution >= 4 is 12.0 Å². The highest BCUT2D eigenvalue weighted by atomic mass is 16.4. The van der Waals surface area contributed by atoms with Crippen LogP contribution in [-0.4, -0.2) is 11.1 Å². The molecule has 1 N–H and O–H groups in total. The van der Waals surface area contributed by atoms with Crippen molar-refractivity contribution in [1.82, 2.24) is 0 Å². The largest absolute Gasteiger partial charge is 0.477 e. The molecule has 0 aliphatic carbocycles.